The molecule has 140 valence electrons. The smallest absolute Gasteiger partial charge is 0.348 e. The van der Waals surface area contributed by atoms with Crippen molar-refractivity contribution < 1.29 is 13.9 Å². The SMILES string of the molecule is CCOC(=O)c1sc(NC=C(C#N)c2nc3cc(Cl)ccc3o2)c(C#N)c1C. The zero-order chi connectivity index (χ0) is 20.3. The van der Waals surface area contributed by atoms with Gasteiger partial charge in [0.1, 0.15) is 33.1 Å². The lowest BCUT2D eigenvalue weighted by molar-refractivity contribution is 0.0531. The van der Waals surface area contributed by atoms with E-state index in [0.717, 1.165) is 11.3 Å². The van der Waals surface area contributed by atoms with Crippen LogP contribution in [0.4, 0.5) is 5.00 Å². The van der Waals surface area contributed by atoms with Gasteiger partial charge in [0.2, 0.25) is 5.89 Å². The molecule has 0 aliphatic rings. The van der Waals surface area contributed by atoms with Gasteiger partial charge >= 0.3 is 5.97 Å². The van der Waals surface area contributed by atoms with Crippen LogP contribution in [0.1, 0.15) is 33.6 Å². The summed E-state index contributed by atoms with van der Waals surface area (Å²) < 4.78 is 10.6. The van der Waals surface area contributed by atoms with Gasteiger partial charge in [-0.3, -0.25) is 0 Å². The van der Waals surface area contributed by atoms with Gasteiger partial charge in [0.15, 0.2) is 5.58 Å². The molecular formula is C19H13ClN4O3S. The summed E-state index contributed by atoms with van der Waals surface area (Å²) in [5.41, 5.74) is 1.98. The quantitative estimate of drug-likeness (QED) is 0.469. The third-order valence-electron chi connectivity index (χ3n) is 3.77. The fourth-order valence-electron chi connectivity index (χ4n) is 2.44. The Morgan fingerprint density at radius 1 is 1.46 bits per heavy atom. The molecule has 9 heteroatoms. The Morgan fingerprint density at radius 3 is 2.93 bits per heavy atom. The molecule has 2 heterocycles. The van der Waals surface area contributed by atoms with Gasteiger partial charge in [-0.1, -0.05) is 11.6 Å². The topological polar surface area (TPSA) is 112 Å². The molecule has 28 heavy (non-hydrogen) atoms. The highest BCUT2D eigenvalue weighted by Crippen LogP contribution is 2.33. The number of fused-ring (bicyclic) bond motifs is 1. The molecule has 0 bridgehead atoms. The highest BCUT2D eigenvalue weighted by molar-refractivity contribution is 7.18. The van der Waals surface area contributed by atoms with E-state index in [0.29, 0.717) is 37.1 Å². The van der Waals surface area contributed by atoms with Crippen molar-refractivity contribution in [2.75, 3.05) is 11.9 Å². The number of ether oxygens (including phenoxy) is 1. The Bertz CT molecular complexity index is 1180. The number of nitrogens with zero attached hydrogens (tertiary/aromatic N) is 3. The van der Waals surface area contributed by atoms with Gasteiger partial charge in [0.05, 0.1) is 12.2 Å². The third-order valence-corrected chi connectivity index (χ3v) is 5.21. The molecule has 0 fully saturated rings. The molecule has 7 nitrogen and oxygen atoms in total. The molecular weight excluding hydrogens is 400 g/mol. The molecule has 1 aromatic carbocycles. The summed E-state index contributed by atoms with van der Waals surface area (Å²) >= 11 is 7.02. The van der Waals surface area contributed by atoms with Crippen molar-refractivity contribution in [3.8, 4) is 12.1 Å². The van der Waals surface area contributed by atoms with Crippen LogP contribution in [0, 0.1) is 29.6 Å². The lowest BCUT2D eigenvalue weighted by atomic mass is 10.2. The van der Waals surface area contributed by atoms with Gasteiger partial charge in [-0.15, -0.1) is 11.3 Å². The van der Waals surface area contributed by atoms with E-state index in [1.165, 1.54) is 6.20 Å². The Morgan fingerprint density at radius 2 is 2.25 bits per heavy atom. The van der Waals surface area contributed by atoms with Gasteiger partial charge in [-0.2, -0.15) is 10.5 Å². The highest BCUT2D eigenvalue weighted by atomic mass is 35.5. The molecule has 0 aliphatic heterocycles. The first-order chi connectivity index (χ1) is 13.5. The predicted molar refractivity (Wildman–Crippen MR) is 106 cm³/mol. The van der Waals surface area contributed by atoms with Crippen molar-refractivity contribution >= 4 is 50.6 Å². The van der Waals surface area contributed by atoms with Crippen LogP contribution in [0.25, 0.3) is 16.7 Å². The van der Waals surface area contributed by atoms with Crippen LogP contribution in [0.15, 0.2) is 28.8 Å². The van der Waals surface area contributed by atoms with Crippen molar-refractivity contribution in [2.24, 2.45) is 0 Å². The average Bonchev–Trinajstić information content (AvgIpc) is 3.22. The van der Waals surface area contributed by atoms with E-state index < -0.39 is 5.97 Å². The normalized spacial score (nSPS) is 11.1. The molecule has 2 aromatic heterocycles. The number of benzene rings is 1. The third kappa shape index (κ3) is 3.70. The minimum atomic E-state index is -0.491. The monoisotopic (exact) mass is 412 g/mol. The number of allylic oxidation sites excluding steroid dienone is 1. The number of nitriles is 2. The molecule has 0 unspecified atom stereocenters. The number of carbonyl (C=O) groups excluding carboxylic acids is 1. The molecule has 1 N–H and O–H groups in total. The van der Waals surface area contributed by atoms with Gasteiger partial charge in [0.25, 0.3) is 0 Å². The number of hydrogen-bond acceptors (Lipinski definition) is 8. The maximum absolute atomic E-state index is 12.0. The second-order valence-electron chi connectivity index (χ2n) is 5.54. The number of esters is 1. The first-order valence-corrected chi connectivity index (χ1v) is 9.31. The maximum Gasteiger partial charge on any atom is 0.348 e. The van der Waals surface area contributed by atoms with Crippen molar-refractivity contribution in [2.45, 2.75) is 13.8 Å². The summed E-state index contributed by atoms with van der Waals surface area (Å²) in [6.45, 7) is 3.62. The van der Waals surface area contributed by atoms with E-state index in [1.807, 2.05) is 6.07 Å². The largest absolute Gasteiger partial charge is 0.462 e. The summed E-state index contributed by atoms with van der Waals surface area (Å²) in [6.07, 6.45) is 1.38. The Balaban J connectivity index is 1.94. The van der Waals surface area contributed by atoms with Crippen LogP contribution >= 0.6 is 22.9 Å². The molecule has 0 saturated heterocycles. The van der Waals surface area contributed by atoms with Crippen LogP contribution < -0.4 is 5.32 Å². The van der Waals surface area contributed by atoms with Crippen LogP contribution in [0.2, 0.25) is 5.02 Å². The summed E-state index contributed by atoms with van der Waals surface area (Å²) in [5, 5.41) is 22.7. The molecule has 0 atom stereocenters. The number of hydrogen-bond donors (Lipinski definition) is 1. The maximum atomic E-state index is 12.0. The van der Waals surface area contributed by atoms with Gasteiger partial charge in [-0.25, -0.2) is 9.78 Å². The second kappa shape index (κ2) is 8.13. The van der Waals surface area contributed by atoms with Crippen molar-refractivity contribution in [1.82, 2.24) is 4.98 Å². The Hall–Kier alpha value is -3.33. The fourth-order valence-corrected chi connectivity index (χ4v) is 3.62. The summed E-state index contributed by atoms with van der Waals surface area (Å²) in [7, 11) is 0. The van der Waals surface area contributed by atoms with Crippen molar-refractivity contribution in [3.05, 3.63) is 51.3 Å². The number of oxazole rings is 1. The number of thiophene rings is 1. The molecule has 3 rings (SSSR count). The number of aromatic nitrogens is 1. The lowest BCUT2D eigenvalue weighted by Gasteiger charge is -1.98. The number of anilines is 1. The average molecular weight is 413 g/mol. The Kier molecular flexibility index (Phi) is 5.65. The molecule has 0 amide bonds. The highest BCUT2D eigenvalue weighted by Gasteiger charge is 2.21. The molecule has 0 spiro atoms. The Labute approximate surface area is 169 Å². The lowest BCUT2D eigenvalue weighted by Crippen LogP contribution is -2.03. The molecule has 0 aliphatic carbocycles. The summed E-state index contributed by atoms with van der Waals surface area (Å²) in [4.78, 5) is 16.6. The van der Waals surface area contributed by atoms with Gasteiger partial charge in [-0.05, 0) is 37.6 Å². The number of carbonyl (C=O) groups is 1. The fraction of sp³-hybridized carbons (Fsp3) is 0.158. The number of halogens is 1. The summed E-state index contributed by atoms with van der Waals surface area (Å²) in [5.74, 6) is -0.375. The van der Waals surface area contributed by atoms with Crippen LogP contribution in [-0.2, 0) is 4.74 Å². The minimum absolute atomic E-state index is 0.115. The molecule has 0 saturated carbocycles. The van der Waals surface area contributed by atoms with E-state index in [1.54, 1.807) is 32.0 Å². The second-order valence-corrected chi connectivity index (χ2v) is 6.99. The number of nitrogens with one attached hydrogen (secondary N) is 1. The predicted octanol–water partition coefficient (Wildman–Crippen LogP) is 4.88. The van der Waals surface area contributed by atoms with E-state index in [2.05, 4.69) is 16.4 Å². The molecule has 3 aromatic rings. The van der Waals surface area contributed by atoms with E-state index >= 15 is 0 Å². The van der Waals surface area contributed by atoms with Crippen LogP contribution in [0.5, 0.6) is 0 Å². The molecule has 0 radical (unpaired) electrons. The minimum Gasteiger partial charge on any atom is -0.462 e. The summed E-state index contributed by atoms with van der Waals surface area (Å²) in [6, 6.07) is 9.03. The van der Waals surface area contributed by atoms with Crippen LogP contribution in [0.3, 0.4) is 0 Å². The van der Waals surface area contributed by atoms with Crippen LogP contribution in [-0.4, -0.2) is 17.6 Å². The van der Waals surface area contributed by atoms with Crippen molar-refractivity contribution in [3.63, 3.8) is 0 Å². The number of rotatable bonds is 5. The van der Waals surface area contributed by atoms with Gasteiger partial charge < -0.3 is 14.5 Å². The van der Waals surface area contributed by atoms with E-state index in [4.69, 9.17) is 20.8 Å². The zero-order valence-corrected chi connectivity index (χ0v) is 16.4. The van der Waals surface area contributed by atoms with Gasteiger partial charge in [0, 0.05) is 11.2 Å². The van der Waals surface area contributed by atoms with E-state index in [-0.39, 0.29) is 18.1 Å². The van der Waals surface area contributed by atoms with Crippen molar-refractivity contribution in [1.29, 1.82) is 10.5 Å². The zero-order valence-electron chi connectivity index (χ0n) is 14.9. The standard InChI is InChI=1S/C19H13ClN4O3S/c1-3-26-19(25)16-10(2)13(8-22)18(28-16)23-9-11(7-21)17-24-14-6-12(20)4-5-15(14)27-17/h4-6,9,23H,3H2,1-2H3. The van der Waals surface area contributed by atoms with E-state index in [9.17, 15) is 15.3 Å². The first-order valence-electron chi connectivity index (χ1n) is 8.12. The first kappa shape index (κ1) is 19.4.